The normalized spacial score (nSPS) is 18.5. The van der Waals surface area contributed by atoms with Crippen LogP contribution < -0.4 is 5.32 Å². The lowest BCUT2D eigenvalue weighted by Crippen LogP contribution is -2.40. The van der Waals surface area contributed by atoms with Crippen LogP contribution in [-0.2, 0) is 11.3 Å². The minimum Gasteiger partial charge on any atom is -0.395 e. The highest BCUT2D eigenvalue weighted by Gasteiger charge is 2.23. The quantitative estimate of drug-likeness (QED) is 0.842. The van der Waals surface area contributed by atoms with Gasteiger partial charge in [-0.3, -0.25) is 4.90 Å². The van der Waals surface area contributed by atoms with E-state index in [2.05, 4.69) is 32.3 Å². The van der Waals surface area contributed by atoms with Crippen LogP contribution in [0.2, 0.25) is 0 Å². The molecular weight excluding hydrogens is 304 g/mol. The van der Waals surface area contributed by atoms with Crippen LogP contribution in [0.3, 0.4) is 0 Å². The fourth-order valence-electron chi connectivity index (χ4n) is 2.86. The summed E-state index contributed by atoms with van der Waals surface area (Å²) in [5, 5.41) is 12.5. The molecule has 1 aromatic heterocycles. The third kappa shape index (κ3) is 4.50. The smallest absolute Gasteiger partial charge is 0.130 e. The molecule has 2 N–H and O–H groups in total. The Balaban J connectivity index is 1.69. The summed E-state index contributed by atoms with van der Waals surface area (Å²) in [4.78, 5) is 11.2. The Morgan fingerprint density at radius 3 is 2.92 bits per heavy atom. The Morgan fingerprint density at radius 2 is 2.12 bits per heavy atom. The summed E-state index contributed by atoms with van der Waals surface area (Å²) in [5.74, 6) is 1.54. The molecule has 6 nitrogen and oxygen atoms in total. The van der Waals surface area contributed by atoms with Crippen molar-refractivity contribution >= 4 is 5.82 Å². The summed E-state index contributed by atoms with van der Waals surface area (Å²) in [6, 6.07) is 12.2. The van der Waals surface area contributed by atoms with Gasteiger partial charge in [-0.1, -0.05) is 30.3 Å². The molecule has 3 rings (SSSR count). The zero-order chi connectivity index (χ0) is 16.8. The average molecular weight is 328 g/mol. The van der Waals surface area contributed by atoms with Gasteiger partial charge in [-0.15, -0.1) is 0 Å². The number of anilines is 1. The molecular formula is C18H24N4O2. The van der Waals surface area contributed by atoms with Gasteiger partial charge in [0.2, 0.25) is 0 Å². The Morgan fingerprint density at radius 1 is 1.29 bits per heavy atom. The molecule has 24 heavy (non-hydrogen) atoms. The summed E-state index contributed by atoms with van der Waals surface area (Å²) in [6.07, 6.45) is -0.0794. The number of β-amino-alcohol motifs (C(OH)–C–C–N with tert-alkyl or cyclic N) is 1. The Labute approximate surface area is 142 Å². The number of nitrogens with one attached hydrogen (secondary N) is 1. The lowest BCUT2D eigenvalue weighted by atomic mass is 10.2. The number of rotatable bonds is 6. The molecule has 1 saturated heterocycles. The van der Waals surface area contributed by atoms with Crippen molar-refractivity contribution in [2.24, 2.45) is 0 Å². The van der Waals surface area contributed by atoms with E-state index in [1.807, 2.05) is 31.2 Å². The van der Waals surface area contributed by atoms with Gasteiger partial charge < -0.3 is 15.2 Å². The van der Waals surface area contributed by atoms with Gasteiger partial charge in [-0.25, -0.2) is 9.97 Å². The fourth-order valence-corrected chi connectivity index (χ4v) is 2.86. The molecule has 1 aliphatic rings. The first-order valence-corrected chi connectivity index (χ1v) is 8.33. The van der Waals surface area contributed by atoms with Crippen LogP contribution in [0.1, 0.15) is 23.2 Å². The zero-order valence-electron chi connectivity index (χ0n) is 14.0. The third-order valence-electron chi connectivity index (χ3n) is 4.07. The molecule has 0 amide bonds. The number of aliphatic hydroxyl groups excluding tert-OH is 1. The maximum atomic E-state index is 9.12. The van der Waals surface area contributed by atoms with Gasteiger partial charge in [0.05, 0.1) is 18.9 Å². The fraction of sp³-hybridized carbons (Fsp3) is 0.444. The van der Waals surface area contributed by atoms with Gasteiger partial charge in [0.15, 0.2) is 0 Å². The van der Waals surface area contributed by atoms with Crippen LogP contribution in [0.5, 0.6) is 0 Å². The van der Waals surface area contributed by atoms with Crippen molar-refractivity contribution in [3.05, 3.63) is 53.5 Å². The Bertz CT molecular complexity index is 649. The van der Waals surface area contributed by atoms with Gasteiger partial charge in [0.1, 0.15) is 17.7 Å². The molecule has 1 aromatic carbocycles. The first-order chi connectivity index (χ1) is 11.7. The second-order valence-corrected chi connectivity index (χ2v) is 5.95. The number of aromatic nitrogens is 2. The van der Waals surface area contributed by atoms with Gasteiger partial charge in [0.25, 0.3) is 0 Å². The molecule has 1 atom stereocenters. The highest BCUT2D eigenvalue weighted by molar-refractivity contribution is 5.38. The standard InChI is InChI=1S/C18H24N4O2/c1-14-20-16(17-13-22(7-9-23)8-10-24-17)11-18(21-14)19-12-15-5-3-2-4-6-15/h2-6,11,17,23H,7-10,12-13H2,1H3,(H,19,20,21). The van der Waals surface area contributed by atoms with Gasteiger partial charge >= 0.3 is 0 Å². The maximum absolute atomic E-state index is 9.12. The van der Waals surface area contributed by atoms with Crippen molar-refractivity contribution in [1.29, 1.82) is 0 Å². The average Bonchev–Trinajstić information content (AvgIpc) is 2.61. The second-order valence-electron chi connectivity index (χ2n) is 5.95. The second kappa shape index (κ2) is 8.19. The predicted molar refractivity (Wildman–Crippen MR) is 92.8 cm³/mol. The van der Waals surface area contributed by atoms with Crippen molar-refractivity contribution in [1.82, 2.24) is 14.9 Å². The van der Waals surface area contributed by atoms with E-state index in [1.54, 1.807) is 0 Å². The van der Waals surface area contributed by atoms with Crippen molar-refractivity contribution in [3.63, 3.8) is 0 Å². The van der Waals surface area contributed by atoms with Crippen LogP contribution in [0.25, 0.3) is 0 Å². The molecule has 0 saturated carbocycles. The molecule has 0 spiro atoms. The lowest BCUT2D eigenvalue weighted by Gasteiger charge is -2.32. The SMILES string of the molecule is Cc1nc(NCc2ccccc2)cc(C2CN(CCO)CCO2)n1. The molecule has 0 bridgehead atoms. The van der Waals surface area contributed by atoms with Crippen molar-refractivity contribution in [3.8, 4) is 0 Å². The molecule has 1 fully saturated rings. The molecule has 2 heterocycles. The van der Waals surface area contributed by atoms with E-state index in [0.29, 0.717) is 13.2 Å². The largest absolute Gasteiger partial charge is 0.395 e. The highest BCUT2D eigenvalue weighted by atomic mass is 16.5. The minimum atomic E-state index is -0.0794. The molecule has 1 aliphatic heterocycles. The van der Waals surface area contributed by atoms with E-state index in [1.165, 1.54) is 5.56 Å². The van der Waals surface area contributed by atoms with Crippen LogP contribution in [0, 0.1) is 6.92 Å². The van der Waals surface area contributed by atoms with Crippen LogP contribution in [0.4, 0.5) is 5.82 Å². The number of morpholine rings is 1. The third-order valence-corrected chi connectivity index (χ3v) is 4.07. The van der Waals surface area contributed by atoms with Gasteiger partial charge in [-0.05, 0) is 12.5 Å². The number of ether oxygens (including phenoxy) is 1. The molecule has 0 radical (unpaired) electrons. The Hall–Kier alpha value is -2.02. The number of hydrogen-bond acceptors (Lipinski definition) is 6. The summed E-state index contributed by atoms with van der Waals surface area (Å²) in [5.41, 5.74) is 2.10. The first-order valence-electron chi connectivity index (χ1n) is 8.33. The van der Waals surface area contributed by atoms with E-state index in [9.17, 15) is 0 Å². The van der Waals surface area contributed by atoms with E-state index >= 15 is 0 Å². The van der Waals surface area contributed by atoms with Crippen molar-refractivity contribution < 1.29 is 9.84 Å². The molecule has 6 heteroatoms. The molecule has 128 valence electrons. The van der Waals surface area contributed by atoms with Gasteiger partial charge in [-0.2, -0.15) is 0 Å². The van der Waals surface area contributed by atoms with E-state index < -0.39 is 0 Å². The van der Waals surface area contributed by atoms with Crippen molar-refractivity contribution in [2.45, 2.75) is 19.6 Å². The summed E-state index contributed by atoms with van der Waals surface area (Å²) in [7, 11) is 0. The van der Waals surface area contributed by atoms with Crippen molar-refractivity contribution in [2.75, 3.05) is 38.2 Å². The van der Waals surface area contributed by atoms with Gasteiger partial charge in [0, 0.05) is 32.2 Å². The van der Waals surface area contributed by atoms with Crippen LogP contribution in [-0.4, -0.2) is 52.8 Å². The van der Waals surface area contributed by atoms with Crippen LogP contribution in [0.15, 0.2) is 36.4 Å². The number of aliphatic hydroxyl groups is 1. The van der Waals surface area contributed by atoms with E-state index in [4.69, 9.17) is 9.84 Å². The summed E-state index contributed by atoms with van der Waals surface area (Å²) >= 11 is 0. The number of hydrogen-bond donors (Lipinski definition) is 2. The molecule has 1 unspecified atom stereocenters. The number of benzene rings is 1. The highest BCUT2D eigenvalue weighted by Crippen LogP contribution is 2.22. The van der Waals surface area contributed by atoms with E-state index in [-0.39, 0.29) is 12.7 Å². The number of nitrogens with zero attached hydrogens (tertiary/aromatic N) is 3. The maximum Gasteiger partial charge on any atom is 0.130 e. The van der Waals surface area contributed by atoms with Crippen LogP contribution >= 0.6 is 0 Å². The molecule has 2 aromatic rings. The van der Waals surface area contributed by atoms with E-state index in [0.717, 1.165) is 37.0 Å². The topological polar surface area (TPSA) is 70.5 Å². The zero-order valence-corrected chi connectivity index (χ0v) is 14.0. The monoisotopic (exact) mass is 328 g/mol. The number of aryl methyl sites for hydroxylation is 1. The molecule has 0 aliphatic carbocycles. The lowest BCUT2D eigenvalue weighted by molar-refractivity contribution is -0.0358. The Kier molecular flexibility index (Phi) is 5.74. The minimum absolute atomic E-state index is 0.0794. The summed E-state index contributed by atoms with van der Waals surface area (Å²) < 4.78 is 5.87. The summed E-state index contributed by atoms with van der Waals surface area (Å²) in [6.45, 7) is 5.70. The predicted octanol–water partition coefficient (Wildman–Crippen LogP) is 1.76. The first kappa shape index (κ1) is 16.8.